The van der Waals surface area contributed by atoms with Crippen molar-refractivity contribution in [3.63, 3.8) is 0 Å². The van der Waals surface area contributed by atoms with Crippen LogP contribution in [-0.2, 0) is 16.1 Å². The van der Waals surface area contributed by atoms with Crippen LogP contribution in [0.15, 0.2) is 35.1 Å². The lowest BCUT2D eigenvalue weighted by Crippen LogP contribution is -2.09. The SMILES string of the molecule is c1ccn2c(-c3nc(COCC4CCOC4)no3)ncc2c1. The smallest absolute Gasteiger partial charge is 0.294 e. The summed E-state index contributed by atoms with van der Waals surface area (Å²) in [4.78, 5) is 8.68. The Balaban J connectivity index is 1.44. The fraction of sp³-hybridized carbons (Fsp3) is 0.400. The summed E-state index contributed by atoms with van der Waals surface area (Å²) in [6.07, 6.45) is 4.74. The van der Waals surface area contributed by atoms with Gasteiger partial charge in [-0.2, -0.15) is 4.98 Å². The summed E-state index contributed by atoms with van der Waals surface area (Å²) in [5.74, 6) is 2.04. The van der Waals surface area contributed by atoms with E-state index in [1.54, 1.807) is 6.20 Å². The quantitative estimate of drug-likeness (QED) is 0.717. The van der Waals surface area contributed by atoms with Crippen LogP contribution in [0.25, 0.3) is 17.2 Å². The number of hydrogen-bond acceptors (Lipinski definition) is 6. The highest BCUT2D eigenvalue weighted by atomic mass is 16.5. The molecular formula is C15H16N4O3. The number of aromatic nitrogens is 4. The van der Waals surface area contributed by atoms with Crippen molar-refractivity contribution in [2.24, 2.45) is 5.92 Å². The molecule has 7 heteroatoms. The number of imidazole rings is 1. The minimum atomic E-state index is 0.337. The lowest BCUT2D eigenvalue weighted by Gasteiger charge is -2.06. The summed E-state index contributed by atoms with van der Waals surface area (Å²) in [6.45, 7) is 2.60. The molecule has 4 heterocycles. The van der Waals surface area contributed by atoms with Crippen LogP contribution in [0.1, 0.15) is 12.2 Å². The maximum Gasteiger partial charge on any atom is 0.294 e. The van der Waals surface area contributed by atoms with Crippen molar-refractivity contribution in [1.82, 2.24) is 19.5 Å². The Labute approximate surface area is 126 Å². The van der Waals surface area contributed by atoms with Crippen LogP contribution in [0.2, 0.25) is 0 Å². The second kappa shape index (κ2) is 5.86. The molecule has 0 aromatic carbocycles. The molecule has 22 heavy (non-hydrogen) atoms. The maximum atomic E-state index is 5.63. The normalized spacial score (nSPS) is 18.3. The number of ether oxygens (including phenoxy) is 2. The van der Waals surface area contributed by atoms with Gasteiger partial charge in [-0.3, -0.25) is 4.40 Å². The minimum Gasteiger partial charge on any atom is -0.381 e. The van der Waals surface area contributed by atoms with Crippen molar-refractivity contribution in [2.45, 2.75) is 13.0 Å². The van der Waals surface area contributed by atoms with Gasteiger partial charge in [-0.1, -0.05) is 11.2 Å². The average Bonchev–Trinajstić information content (AvgIpc) is 3.27. The molecule has 1 saturated heterocycles. The van der Waals surface area contributed by atoms with E-state index in [1.807, 2.05) is 28.8 Å². The van der Waals surface area contributed by atoms with E-state index in [1.165, 1.54) is 0 Å². The molecule has 0 bridgehead atoms. The first kappa shape index (κ1) is 13.4. The van der Waals surface area contributed by atoms with Gasteiger partial charge < -0.3 is 14.0 Å². The summed E-state index contributed by atoms with van der Waals surface area (Å²) in [6, 6.07) is 5.86. The molecule has 1 aliphatic heterocycles. The molecule has 114 valence electrons. The molecule has 3 aromatic heterocycles. The van der Waals surface area contributed by atoms with E-state index in [0.717, 1.165) is 25.2 Å². The van der Waals surface area contributed by atoms with E-state index in [4.69, 9.17) is 14.0 Å². The molecule has 0 saturated carbocycles. The maximum absolute atomic E-state index is 5.63. The molecule has 1 fully saturated rings. The van der Waals surface area contributed by atoms with Crippen LogP contribution in [0.3, 0.4) is 0 Å². The molecule has 0 spiro atoms. The second-order valence-corrected chi connectivity index (χ2v) is 5.34. The van der Waals surface area contributed by atoms with E-state index >= 15 is 0 Å². The lowest BCUT2D eigenvalue weighted by molar-refractivity contribution is 0.0742. The van der Waals surface area contributed by atoms with E-state index in [9.17, 15) is 0 Å². The van der Waals surface area contributed by atoms with E-state index in [2.05, 4.69) is 15.1 Å². The fourth-order valence-electron chi connectivity index (χ4n) is 2.54. The third-order valence-corrected chi connectivity index (χ3v) is 3.71. The minimum absolute atomic E-state index is 0.337. The molecule has 0 aliphatic carbocycles. The van der Waals surface area contributed by atoms with Crippen LogP contribution < -0.4 is 0 Å². The van der Waals surface area contributed by atoms with Gasteiger partial charge in [0.1, 0.15) is 6.61 Å². The first-order valence-corrected chi connectivity index (χ1v) is 7.31. The molecule has 3 aromatic rings. The average molecular weight is 300 g/mol. The van der Waals surface area contributed by atoms with Gasteiger partial charge in [0.2, 0.25) is 5.82 Å². The Morgan fingerprint density at radius 1 is 1.36 bits per heavy atom. The zero-order chi connectivity index (χ0) is 14.8. The Morgan fingerprint density at radius 2 is 2.36 bits per heavy atom. The molecular weight excluding hydrogens is 284 g/mol. The number of pyridine rings is 1. The zero-order valence-corrected chi connectivity index (χ0v) is 12.0. The van der Waals surface area contributed by atoms with E-state index in [0.29, 0.717) is 36.7 Å². The largest absolute Gasteiger partial charge is 0.381 e. The lowest BCUT2D eigenvalue weighted by atomic mass is 10.1. The highest BCUT2D eigenvalue weighted by Gasteiger charge is 2.17. The molecule has 4 rings (SSSR count). The van der Waals surface area contributed by atoms with Crippen LogP contribution in [0.5, 0.6) is 0 Å². The second-order valence-electron chi connectivity index (χ2n) is 5.34. The third-order valence-electron chi connectivity index (χ3n) is 3.71. The molecule has 1 unspecified atom stereocenters. The first-order chi connectivity index (χ1) is 10.9. The Kier molecular flexibility index (Phi) is 3.57. The predicted octanol–water partition coefficient (Wildman–Crippen LogP) is 1.94. The molecule has 7 nitrogen and oxygen atoms in total. The van der Waals surface area contributed by atoms with Crippen molar-refractivity contribution < 1.29 is 14.0 Å². The summed E-state index contributed by atoms with van der Waals surface area (Å²) in [5.41, 5.74) is 0.981. The third kappa shape index (κ3) is 2.60. The highest BCUT2D eigenvalue weighted by molar-refractivity contribution is 5.55. The standard InChI is InChI=1S/C15H16N4O3/c1-2-5-19-12(3-1)7-16-14(19)15-17-13(18-22-15)10-21-9-11-4-6-20-8-11/h1-3,5,7,11H,4,6,8-10H2. The summed E-state index contributed by atoms with van der Waals surface area (Å²) < 4.78 is 18.1. The first-order valence-electron chi connectivity index (χ1n) is 7.31. The number of fused-ring (bicyclic) bond motifs is 1. The van der Waals surface area contributed by atoms with Crippen molar-refractivity contribution in [3.8, 4) is 11.7 Å². The predicted molar refractivity (Wildman–Crippen MR) is 77.1 cm³/mol. The van der Waals surface area contributed by atoms with Crippen LogP contribution in [0, 0.1) is 5.92 Å². The zero-order valence-electron chi connectivity index (χ0n) is 12.0. The van der Waals surface area contributed by atoms with Gasteiger partial charge in [0.15, 0.2) is 5.82 Å². The van der Waals surface area contributed by atoms with Gasteiger partial charge in [-0.05, 0) is 18.6 Å². The van der Waals surface area contributed by atoms with Gasteiger partial charge in [0.05, 0.1) is 24.9 Å². The van der Waals surface area contributed by atoms with Crippen molar-refractivity contribution >= 4 is 5.52 Å². The molecule has 0 amide bonds. The van der Waals surface area contributed by atoms with Gasteiger partial charge in [-0.15, -0.1) is 0 Å². The topological polar surface area (TPSA) is 74.7 Å². The van der Waals surface area contributed by atoms with E-state index in [-0.39, 0.29) is 0 Å². The fourth-order valence-corrected chi connectivity index (χ4v) is 2.54. The number of nitrogens with zero attached hydrogens (tertiary/aromatic N) is 4. The van der Waals surface area contributed by atoms with Crippen molar-refractivity contribution in [1.29, 1.82) is 0 Å². The van der Waals surface area contributed by atoms with Gasteiger partial charge in [-0.25, -0.2) is 4.98 Å². The Bertz CT molecular complexity index is 761. The van der Waals surface area contributed by atoms with E-state index < -0.39 is 0 Å². The number of hydrogen-bond donors (Lipinski definition) is 0. The van der Waals surface area contributed by atoms with Crippen molar-refractivity contribution in [2.75, 3.05) is 19.8 Å². The van der Waals surface area contributed by atoms with Gasteiger partial charge >= 0.3 is 0 Å². The Hall–Kier alpha value is -2.25. The van der Waals surface area contributed by atoms with Crippen molar-refractivity contribution in [3.05, 3.63) is 36.4 Å². The molecule has 0 N–H and O–H groups in total. The summed E-state index contributed by atoms with van der Waals surface area (Å²) >= 11 is 0. The molecule has 1 atom stereocenters. The monoisotopic (exact) mass is 300 g/mol. The summed E-state index contributed by atoms with van der Waals surface area (Å²) in [5, 5.41) is 3.95. The van der Waals surface area contributed by atoms with Crippen LogP contribution in [0.4, 0.5) is 0 Å². The van der Waals surface area contributed by atoms with Gasteiger partial charge in [0.25, 0.3) is 5.89 Å². The Morgan fingerprint density at radius 3 is 3.27 bits per heavy atom. The van der Waals surface area contributed by atoms with Gasteiger partial charge in [0, 0.05) is 18.7 Å². The molecule has 1 aliphatic rings. The highest BCUT2D eigenvalue weighted by Crippen LogP contribution is 2.18. The summed E-state index contributed by atoms with van der Waals surface area (Å²) in [7, 11) is 0. The van der Waals surface area contributed by atoms with Crippen LogP contribution >= 0.6 is 0 Å². The molecule has 0 radical (unpaired) electrons. The van der Waals surface area contributed by atoms with Crippen LogP contribution in [-0.4, -0.2) is 39.3 Å². The number of rotatable bonds is 5.